The first kappa shape index (κ1) is 55.2. The molecule has 7 heterocycles. The van der Waals surface area contributed by atoms with Crippen molar-refractivity contribution in [3.63, 3.8) is 0 Å². The molecule has 4 aliphatic rings. The number of hydrogen-bond donors (Lipinski definition) is 5. The lowest BCUT2D eigenvalue weighted by atomic mass is 9.85. The molecule has 1 saturated carbocycles. The Kier molecular flexibility index (Phi) is 15.0. The lowest BCUT2D eigenvalue weighted by Gasteiger charge is -2.36. The minimum Gasteiger partial charge on any atom is -0.490 e. The molecule has 0 spiro atoms. The molecule has 0 radical (unpaired) electrons. The van der Waals surface area contributed by atoms with E-state index in [1.165, 1.54) is 4.90 Å². The summed E-state index contributed by atoms with van der Waals surface area (Å²) in [5.74, 6) is -0.834. The SMILES string of the molecule is Cc1ncsc1-c1ccc(C(C)NC(=O)[C@@H]2C[C@@H](O)CN2C(=O)C(NC(=O)c2cc3cc(OC4CC(NC(=O)[C@@H]5CCN(c6ccc(C7=N[C@@H](CC(=O)O)c8nnc(C)n8-c8sc(C)c(C)c87)cc6)C5)C4)ccc3o2)C(C)(C)C)cc1. The Hall–Kier alpha value is -7.75. The van der Waals surface area contributed by atoms with Gasteiger partial charge in [-0.15, -0.1) is 32.9 Å². The van der Waals surface area contributed by atoms with Crippen molar-refractivity contribution >= 4 is 74.6 Å². The molecule has 3 aromatic carbocycles. The Bertz CT molecular complexity index is 3610. The van der Waals surface area contributed by atoms with Crippen LogP contribution in [0, 0.1) is 39.0 Å². The zero-order valence-electron chi connectivity index (χ0n) is 46.5. The van der Waals surface area contributed by atoms with Gasteiger partial charge in [0.1, 0.15) is 46.4 Å². The number of aromatic nitrogens is 4. The number of fused-ring (bicyclic) bond motifs is 4. The number of nitrogens with one attached hydrogen (secondary N) is 3. The molecule has 4 amide bonds. The number of benzene rings is 3. The van der Waals surface area contributed by atoms with Crippen LogP contribution in [0.5, 0.6) is 5.75 Å². The van der Waals surface area contributed by atoms with Gasteiger partial charge in [-0.2, -0.15) is 0 Å². The number of carboxylic acid groups (broad SMARTS) is 1. The van der Waals surface area contributed by atoms with E-state index in [1.54, 1.807) is 46.9 Å². The van der Waals surface area contributed by atoms with Gasteiger partial charge in [-0.3, -0.25) is 33.5 Å². The first-order valence-corrected chi connectivity index (χ1v) is 29.2. The van der Waals surface area contributed by atoms with Crippen molar-refractivity contribution in [1.29, 1.82) is 0 Å². The molecule has 422 valence electrons. The maximum Gasteiger partial charge on any atom is 0.306 e. The van der Waals surface area contributed by atoms with Crippen molar-refractivity contribution < 1.29 is 43.3 Å². The van der Waals surface area contributed by atoms with Crippen LogP contribution in [0.3, 0.4) is 0 Å². The van der Waals surface area contributed by atoms with Crippen LogP contribution in [-0.2, 0) is 19.2 Å². The van der Waals surface area contributed by atoms with Gasteiger partial charge in [0, 0.05) is 72.0 Å². The Morgan fingerprint density at radius 3 is 2.33 bits per heavy atom. The molecular weight excluding hydrogens is 1070 g/mol. The van der Waals surface area contributed by atoms with E-state index in [4.69, 9.17) is 14.1 Å². The number of ether oxygens (including phenoxy) is 1. The first-order chi connectivity index (χ1) is 38.7. The number of aryl methyl sites for hydroxylation is 3. The summed E-state index contributed by atoms with van der Waals surface area (Å²) < 4.78 is 14.3. The number of β-amino-alcohol motifs (C(OH)–C–C–N with tert-alkyl or cyclic N) is 1. The van der Waals surface area contributed by atoms with E-state index in [0.29, 0.717) is 54.2 Å². The molecule has 2 saturated heterocycles. The van der Waals surface area contributed by atoms with E-state index in [9.17, 15) is 34.2 Å². The standard InChI is InChI=1S/C60H66N10O9S2/c1-30-33(4)81-59-50(30)51(64-45(26-49(72)73)54-67-66-34(5)70(54)59)36-13-15-41(16-14-36)68-20-19-38(27-68)55(74)63-40-23-44(24-40)78-43-17-18-47-39(21-43)22-48(79-47)57(76)65-53(60(6,7)8)58(77)69-28-42(71)25-46(69)56(75)62-31(2)35-9-11-37(12-10-35)52-32(3)61-29-80-52/h9-18,21-22,29,31,38,40,42,44-46,53,71H,19-20,23-28H2,1-8H3,(H,62,75)(H,63,74)(H,65,76)(H,72,73)/t31?,38-,40?,42-,44?,45+,46+,53?/m1/s1. The fourth-order valence-electron chi connectivity index (χ4n) is 11.4. The number of hydrogen-bond acceptors (Lipinski definition) is 15. The number of thiazole rings is 1. The van der Waals surface area contributed by atoms with Gasteiger partial charge in [0.15, 0.2) is 11.6 Å². The smallest absolute Gasteiger partial charge is 0.306 e. The molecule has 21 heteroatoms. The summed E-state index contributed by atoms with van der Waals surface area (Å²) in [5, 5.41) is 40.0. The molecule has 7 aromatic rings. The molecular formula is C60H66N10O9S2. The summed E-state index contributed by atoms with van der Waals surface area (Å²) in [7, 11) is 0. The van der Waals surface area contributed by atoms with Crippen LogP contribution >= 0.6 is 22.7 Å². The van der Waals surface area contributed by atoms with Gasteiger partial charge in [-0.25, -0.2) is 4.98 Å². The maximum atomic E-state index is 14.4. The van der Waals surface area contributed by atoms with Crippen molar-refractivity contribution in [3.8, 4) is 21.2 Å². The largest absolute Gasteiger partial charge is 0.490 e. The van der Waals surface area contributed by atoms with E-state index in [-0.39, 0.29) is 55.2 Å². The molecule has 3 aliphatic heterocycles. The number of furan rings is 1. The van der Waals surface area contributed by atoms with E-state index in [1.807, 2.05) is 100 Å². The number of anilines is 1. The molecule has 81 heavy (non-hydrogen) atoms. The van der Waals surface area contributed by atoms with E-state index < -0.39 is 53.3 Å². The third-order valence-corrected chi connectivity index (χ3v) is 18.3. The van der Waals surface area contributed by atoms with Crippen LogP contribution in [0.4, 0.5) is 5.69 Å². The second kappa shape index (κ2) is 22.0. The van der Waals surface area contributed by atoms with Gasteiger partial charge < -0.3 is 45.1 Å². The Morgan fingerprint density at radius 2 is 1.63 bits per heavy atom. The number of aliphatic hydroxyl groups excluding tert-OH is 1. The fraction of sp³-hybridized carbons (Fsp3) is 0.417. The van der Waals surface area contributed by atoms with E-state index >= 15 is 0 Å². The summed E-state index contributed by atoms with van der Waals surface area (Å²) in [6, 6.07) is 19.8. The summed E-state index contributed by atoms with van der Waals surface area (Å²) >= 11 is 3.19. The number of carbonyl (C=O) groups is 5. The van der Waals surface area contributed by atoms with Crippen molar-refractivity contribution in [2.45, 2.75) is 130 Å². The van der Waals surface area contributed by atoms with E-state index in [0.717, 1.165) is 66.2 Å². The average Bonchev–Trinajstić information content (AvgIpc) is 4.36. The highest BCUT2D eigenvalue weighted by Gasteiger charge is 2.45. The lowest BCUT2D eigenvalue weighted by Crippen LogP contribution is -2.57. The van der Waals surface area contributed by atoms with Crippen molar-refractivity contribution in [1.82, 2.24) is 40.6 Å². The monoisotopic (exact) mass is 1130 g/mol. The molecule has 0 bridgehead atoms. The van der Waals surface area contributed by atoms with Crippen LogP contribution in [0.25, 0.3) is 26.4 Å². The highest BCUT2D eigenvalue weighted by molar-refractivity contribution is 7.15. The number of carboxylic acids is 1. The highest BCUT2D eigenvalue weighted by atomic mass is 32.1. The molecule has 19 nitrogen and oxygen atoms in total. The number of amides is 4. The third-order valence-electron chi connectivity index (χ3n) is 16.2. The molecule has 4 aromatic heterocycles. The molecule has 5 N–H and O–H groups in total. The normalized spacial score (nSPS) is 21.3. The van der Waals surface area contributed by atoms with Gasteiger partial charge in [0.25, 0.3) is 5.91 Å². The van der Waals surface area contributed by atoms with Crippen LogP contribution in [0.15, 0.2) is 87.7 Å². The Labute approximate surface area is 476 Å². The number of rotatable bonds is 15. The Morgan fingerprint density at radius 1 is 0.889 bits per heavy atom. The summed E-state index contributed by atoms with van der Waals surface area (Å²) in [6.45, 7) is 16.6. The number of thiophene rings is 1. The third kappa shape index (κ3) is 11.1. The summed E-state index contributed by atoms with van der Waals surface area (Å²) in [6.07, 6.45) is 0.792. The predicted octanol–water partition coefficient (Wildman–Crippen LogP) is 8.34. The fourth-order valence-corrected chi connectivity index (χ4v) is 13.5. The first-order valence-electron chi connectivity index (χ1n) is 27.5. The average molecular weight is 1140 g/mol. The number of aliphatic imine (C=N–C) groups is 1. The molecule has 2 unspecified atom stereocenters. The Balaban J connectivity index is 0.668. The minimum absolute atomic E-state index is 0.00152. The number of carbonyl (C=O) groups excluding carboxylic acids is 4. The topological polar surface area (TPSA) is 247 Å². The predicted molar refractivity (Wildman–Crippen MR) is 308 cm³/mol. The maximum absolute atomic E-state index is 14.4. The molecule has 6 atom stereocenters. The number of nitrogens with zero attached hydrogens (tertiary/aromatic N) is 7. The zero-order valence-corrected chi connectivity index (χ0v) is 48.1. The molecule has 3 fully saturated rings. The van der Waals surface area contributed by atoms with Gasteiger partial charge >= 0.3 is 5.97 Å². The zero-order chi connectivity index (χ0) is 57.2. The number of aliphatic carboxylic acids is 1. The second-order valence-electron chi connectivity index (χ2n) is 23.0. The lowest BCUT2D eigenvalue weighted by molar-refractivity contribution is -0.142. The van der Waals surface area contributed by atoms with Crippen LogP contribution in [0.1, 0.15) is 127 Å². The molecule has 11 rings (SSSR count). The van der Waals surface area contributed by atoms with Crippen LogP contribution < -0.4 is 25.6 Å². The van der Waals surface area contributed by atoms with Crippen molar-refractivity contribution in [2.75, 3.05) is 24.5 Å². The summed E-state index contributed by atoms with van der Waals surface area (Å²) in [5.41, 5.74) is 8.97. The number of aliphatic hydroxyl groups is 1. The van der Waals surface area contributed by atoms with E-state index in [2.05, 4.69) is 49.9 Å². The minimum atomic E-state index is -1.06. The van der Waals surface area contributed by atoms with Gasteiger partial charge in [-0.05, 0) is 99.5 Å². The van der Waals surface area contributed by atoms with Crippen LogP contribution in [-0.4, -0.2) is 120 Å². The summed E-state index contributed by atoms with van der Waals surface area (Å²) in [4.78, 5) is 83.0. The van der Waals surface area contributed by atoms with Crippen molar-refractivity contribution in [2.24, 2.45) is 16.3 Å². The number of likely N-dealkylation sites (tertiary alicyclic amines) is 1. The second-order valence-corrected chi connectivity index (χ2v) is 25.0. The van der Waals surface area contributed by atoms with Gasteiger partial charge in [0.05, 0.1) is 46.3 Å². The van der Waals surface area contributed by atoms with Gasteiger partial charge in [-0.1, -0.05) is 57.2 Å². The molecule has 1 aliphatic carbocycles. The highest BCUT2D eigenvalue weighted by Crippen LogP contribution is 2.41. The quantitative estimate of drug-likeness (QED) is 0.0649. The van der Waals surface area contributed by atoms with Crippen molar-refractivity contribution in [3.05, 3.63) is 129 Å². The van der Waals surface area contributed by atoms with Gasteiger partial charge in [0.2, 0.25) is 17.7 Å². The van der Waals surface area contributed by atoms with Crippen LogP contribution in [0.2, 0.25) is 0 Å².